The minimum atomic E-state index is -4.39. The fraction of sp³-hybridized carbons (Fsp3) is 0.500. The van der Waals surface area contributed by atoms with Gasteiger partial charge in [0.05, 0.1) is 5.56 Å². The second-order valence-corrected chi connectivity index (χ2v) is 5.22. The van der Waals surface area contributed by atoms with E-state index in [0.29, 0.717) is 5.56 Å². The van der Waals surface area contributed by atoms with Crippen LogP contribution in [0.5, 0.6) is 5.75 Å². The van der Waals surface area contributed by atoms with Gasteiger partial charge in [-0.1, -0.05) is 28.8 Å². The van der Waals surface area contributed by atoms with Crippen molar-refractivity contribution in [2.45, 2.75) is 37.8 Å². The quantitative estimate of drug-likeness (QED) is 0.787. The van der Waals surface area contributed by atoms with Gasteiger partial charge in [0, 0.05) is 4.47 Å². The molecule has 1 aromatic rings. The standard InChI is InChI=1S/C12H12BrF3O/c13-10-6-11(17)8(7-3-1-2-4-7)5-9(10)12(14,15)16/h5-7,17H,1-4H2. The van der Waals surface area contributed by atoms with Gasteiger partial charge in [-0.2, -0.15) is 13.2 Å². The van der Waals surface area contributed by atoms with Crippen LogP contribution in [0.4, 0.5) is 13.2 Å². The number of phenols is 1. The van der Waals surface area contributed by atoms with E-state index in [2.05, 4.69) is 15.9 Å². The zero-order chi connectivity index (χ0) is 12.6. The van der Waals surface area contributed by atoms with Gasteiger partial charge in [-0.15, -0.1) is 0 Å². The predicted molar refractivity (Wildman–Crippen MR) is 62.0 cm³/mol. The van der Waals surface area contributed by atoms with Gasteiger partial charge in [0.15, 0.2) is 0 Å². The summed E-state index contributed by atoms with van der Waals surface area (Å²) in [6, 6.07) is 2.23. The topological polar surface area (TPSA) is 20.2 Å². The van der Waals surface area contributed by atoms with Crippen LogP contribution in [0.1, 0.15) is 42.7 Å². The molecule has 0 saturated heterocycles. The SMILES string of the molecule is Oc1cc(Br)c(C(F)(F)F)cc1C1CCCC1. The van der Waals surface area contributed by atoms with Crippen molar-refractivity contribution >= 4 is 15.9 Å². The Labute approximate surface area is 106 Å². The normalized spacial score (nSPS) is 17.6. The van der Waals surface area contributed by atoms with Gasteiger partial charge in [-0.25, -0.2) is 0 Å². The molecule has 1 aliphatic rings. The molecular weight excluding hydrogens is 297 g/mol. The maximum atomic E-state index is 12.7. The molecule has 1 fully saturated rings. The second-order valence-electron chi connectivity index (χ2n) is 4.37. The Hall–Kier alpha value is -0.710. The Balaban J connectivity index is 2.45. The van der Waals surface area contributed by atoms with Crippen molar-refractivity contribution in [1.82, 2.24) is 0 Å². The summed E-state index contributed by atoms with van der Waals surface area (Å²) in [5.41, 5.74) is -0.282. The highest BCUT2D eigenvalue weighted by Gasteiger charge is 2.35. The van der Waals surface area contributed by atoms with Gasteiger partial charge in [0.1, 0.15) is 5.75 Å². The van der Waals surface area contributed by atoms with E-state index in [0.717, 1.165) is 37.8 Å². The summed E-state index contributed by atoms with van der Waals surface area (Å²) in [6.07, 6.45) is -0.651. The van der Waals surface area contributed by atoms with E-state index in [1.165, 1.54) is 0 Å². The van der Waals surface area contributed by atoms with E-state index >= 15 is 0 Å². The number of hydrogen-bond acceptors (Lipinski definition) is 1. The molecule has 0 bridgehead atoms. The molecule has 17 heavy (non-hydrogen) atoms. The zero-order valence-electron chi connectivity index (χ0n) is 9.02. The lowest BCUT2D eigenvalue weighted by molar-refractivity contribution is -0.138. The maximum Gasteiger partial charge on any atom is 0.417 e. The Morgan fingerprint density at radius 1 is 1.18 bits per heavy atom. The molecule has 1 saturated carbocycles. The van der Waals surface area contributed by atoms with E-state index in [1.807, 2.05) is 0 Å². The van der Waals surface area contributed by atoms with Crippen LogP contribution in [0.3, 0.4) is 0 Å². The van der Waals surface area contributed by atoms with E-state index in [9.17, 15) is 18.3 Å². The third-order valence-corrected chi connectivity index (χ3v) is 3.87. The average Bonchev–Trinajstić information content (AvgIpc) is 2.68. The number of rotatable bonds is 1. The summed E-state index contributed by atoms with van der Waals surface area (Å²) in [6.45, 7) is 0. The van der Waals surface area contributed by atoms with Crippen molar-refractivity contribution in [1.29, 1.82) is 0 Å². The first kappa shape index (κ1) is 12.7. The maximum absolute atomic E-state index is 12.7. The Bertz CT molecular complexity index is 422. The number of phenolic OH excluding ortho intramolecular Hbond substituents is 1. The van der Waals surface area contributed by atoms with E-state index in [4.69, 9.17) is 0 Å². The van der Waals surface area contributed by atoms with Crippen LogP contribution in [0.2, 0.25) is 0 Å². The molecule has 94 valence electrons. The molecule has 1 aromatic carbocycles. The zero-order valence-corrected chi connectivity index (χ0v) is 10.6. The van der Waals surface area contributed by atoms with Crippen molar-refractivity contribution in [3.8, 4) is 5.75 Å². The van der Waals surface area contributed by atoms with Gasteiger partial charge in [0.25, 0.3) is 0 Å². The summed E-state index contributed by atoms with van der Waals surface area (Å²) < 4.78 is 38.1. The minimum Gasteiger partial charge on any atom is -0.508 e. The summed E-state index contributed by atoms with van der Waals surface area (Å²) in [5.74, 6) is 0.0148. The molecule has 0 unspecified atom stereocenters. The third-order valence-electron chi connectivity index (χ3n) is 3.22. The monoisotopic (exact) mass is 308 g/mol. The highest BCUT2D eigenvalue weighted by molar-refractivity contribution is 9.10. The lowest BCUT2D eigenvalue weighted by Gasteiger charge is -2.16. The lowest BCUT2D eigenvalue weighted by atomic mass is 9.95. The highest BCUT2D eigenvalue weighted by Crippen LogP contribution is 2.44. The second kappa shape index (κ2) is 4.52. The van der Waals surface area contributed by atoms with Crippen molar-refractivity contribution in [2.75, 3.05) is 0 Å². The Morgan fingerprint density at radius 3 is 2.29 bits per heavy atom. The number of halogens is 4. The number of aromatic hydroxyl groups is 1. The molecule has 0 aromatic heterocycles. The smallest absolute Gasteiger partial charge is 0.417 e. The number of alkyl halides is 3. The van der Waals surface area contributed by atoms with Crippen LogP contribution in [-0.4, -0.2) is 5.11 Å². The fourth-order valence-electron chi connectivity index (χ4n) is 2.36. The molecule has 0 atom stereocenters. The molecule has 1 aliphatic carbocycles. The molecule has 0 heterocycles. The third kappa shape index (κ3) is 2.59. The Morgan fingerprint density at radius 2 is 1.76 bits per heavy atom. The van der Waals surface area contributed by atoms with Crippen molar-refractivity contribution in [3.63, 3.8) is 0 Å². The van der Waals surface area contributed by atoms with E-state index < -0.39 is 11.7 Å². The first-order chi connectivity index (χ1) is 7.89. The van der Waals surface area contributed by atoms with Crippen LogP contribution in [-0.2, 0) is 6.18 Å². The molecule has 0 amide bonds. The summed E-state index contributed by atoms with van der Waals surface area (Å²) in [5, 5.41) is 9.74. The van der Waals surface area contributed by atoms with E-state index in [1.54, 1.807) is 0 Å². The molecule has 0 aliphatic heterocycles. The Kier molecular flexibility index (Phi) is 3.39. The van der Waals surface area contributed by atoms with Crippen molar-refractivity contribution in [2.24, 2.45) is 0 Å². The van der Waals surface area contributed by atoms with Gasteiger partial charge < -0.3 is 5.11 Å². The number of benzene rings is 1. The van der Waals surface area contributed by atoms with Crippen molar-refractivity contribution < 1.29 is 18.3 Å². The molecule has 1 nitrogen and oxygen atoms in total. The predicted octanol–water partition coefficient (Wildman–Crippen LogP) is 4.83. The fourth-order valence-corrected chi connectivity index (χ4v) is 2.92. The molecular formula is C12H12BrF3O. The summed E-state index contributed by atoms with van der Waals surface area (Å²) in [7, 11) is 0. The molecule has 2 rings (SSSR count). The van der Waals surface area contributed by atoms with Gasteiger partial charge in [0.2, 0.25) is 0 Å². The number of hydrogen-bond donors (Lipinski definition) is 1. The largest absolute Gasteiger partial charge is 0.508 e. The van der Waals surface area contributed by atoms with Crippen LogP contribution in [0.25, 0.3) is 0 Å². The molecule has 1 N–H and O–H groups in total. The van der Waals surface area contributed by atoms with Gasteiger partial charge >= 0.3 is 6.18 Å². The van der Waals surface area contributed by atoms with Crippen LogP contribution < -0.4 is 0 Å². The van der Waals surface area contributed by atoms with Gasteiger partial charge in [-0.3, -0.25) is 0 Å². The molecule has 5 heteroatoms. The minimum absolute atomic E-state index is 0.0447. The van der Waals surface area contributed by atoms with Crippen molar-refractivity contribution in [3.05, 3.63) is 27.7 Å². The van der Waals surface area contributed by atoms with Crippen LogP contribution in [0.15, 0.2) is 16.6 Å². The van der Waals surface area contributed by atoms with Gasteiger partial charge in [-0.05, 0) is 36.5 Å². The highest BCUT2D eigenvalue weighted by atomic mass is 79.9. The average molecular weight is 309 g/mol. The first-order valence-electron chi connectivity index (χ1n) is 5.49. The lowest BCUT2D eigenvalue weighted by Crippen LogP contribution is -2.08. The van der Waals surface area contributed by atoms with Crippen LogP contribution >= 0.6 is 15.9 Å². The van der Waals surface area contributed by atoms with Crippen LogP contribution in [0, 0.1) is 0 Å². The summed E-state index contributed by atoms with van der Waals surface area (Å²) >= 11 is 2.85. The summed E-state index contributed by atoms with van der Waals surface area (Å²) in [4.78, 5) is 0. The first-order valence-corrected chi connectivity index (χ1v) is 6.28. The molecule has 0 spiro atoms. The molecule has 0 radical (unpaired) electrons. The van der Waals surface area contributed by atoms with E-state index in [-0.39, 0.29) is 16.1 Å².